The van der Waals surface area contributed by atoms with Gasteiger partial charge in [-0.05, 0) is 18.0 Å². The maximum absolute atomic E-state index is 10.7. The molecule has 1 heterocycles. The van der Waals surface area contributed by atoms with Crippen LogP contribution in [0.1, 0.15) is 18.9 Å². The van der Waals surface area contributed by atoms with Crippen molar-refractivity contribution < 1.29 is 4.79 Å². The minimum absolute atomic E-state index is 0.0359. The highest BCUT2D eigenvalue weighted by Crippen LogP contribution is 2.30. The maximum Gasteiger partial charge on any atom is 0.216 e. The van der Waals surface area contributed by atoms with Crippen LogP contribution in [0, 0.1) is 11.3 Å². The summed E-state index contributed by atoms with van der Waals surface area (Å²) in [5, 5.41) is 12.7. The molecule has 1 aromatic rings. The van der Waals surface area contributed by atoms with Gasteiger partial charge in [-0.2, -0.15) is 9.64 Å². The molecule has 5 nitrogen and oxygen atoms in total. The molecule has 0 unspecified atom stereocenters. The van der Waals surface area contributed by atoms with Gasteiger partial charge in [0.05, 0.1) is 0 Å². The molecule has 0 bridgehead atoms. The summed E-state index contributed by atoms with van der Waals surface area (Å²) in [6.07, 6.45) is 0.802. The van der Waals surface area contributed by atoms with Crippen LogP contribution in [0.15, 0.2) is 0 Å². The highest BCUT2D eigenvalue weighted by molar-refractivity contribution is 7.10. The molecule has 0 aromatic carbocycles. The van der Waals surface area contributed by atoms with Crippen LogP contribution in [0.25, 0.3) is 0 Å². The smallest absolute Gasteiger partial charge is 0.216 e. The lowest BCUT2D eigenvalue weighted by Crippen LogP contribution is -2.26. The van der Waals surface area contributed by atoms with E-state index >= 15 is 0 Å². The van der Waals surface area contributed by atoms with Gasteiger partial charge in [-0.25, -0.2) is 0 Å². The Balaban J connectivity index is 2.50. The van der Waals surface area contributed by atoms with Gasteiger partial charge >= 0.3 is 0 Å². The van der Waals surface area contributed by atoms with Gasteiger partial charge in [0.2, 0.25) is 5.91 Å². The molecule has 92 valence electrons. The second-order valence-electron chi connectivity index (χ2n) is 3.52. The first-order valence-corrected chi connectivity index (χ1v) is 6.22. The number of amides is 1. The predicted molar refractivity (Wildman–Crippen MR) is 68.4 cm³/mol. The van der Waals surface area contributed by atoms with Gasteiger partial charge in [-0.3, -0.25) is 4.79 Å². The van der Waals surface area contributed by atoms with Crippen molar-refractivity contribution >= 4 is 34.0 Å². The summed E-state index contributed by atoms with van der Waals surface area (Å²) < 4.78 is 3.94. The number of nitrogens with zero attached hydrogens (tertiary/aromatic N) is 3. The third-order valence-electron chi connectivity index (χ3n) is 2.14. The molecule has 0 spiro atoms. The average Bonchev–Trinajstić information content (AvgIpc) is 2.65. The fourth-order valence-electron chi connectivity index (χ4n) is 1.30. The number of nitrogens with one attached hydrogen (secondary N) is 1. The summed E-state index contributed by atoms with van der Waals surface area (Å²) in [5.74, 6) is -0.0359. The standard InChI is InChI=1S/C10H13ClN4OS/c1-7(16)13-4-3-5-15(2)10-8(6-12)9(11)14-17-10/h3-5H2,1-2H3,(H,13,16). The first kappa shape index (κ1) is 13.7. The molecule has 1 aromatic heterocycles. The number of rotatable bonds is 5. The number of nitriles is 1. The summed E-state index contributed by atoms with van der Waals surface area (Å²) in [6.45, 7) is 2.84. The second kappa shape index (κ2) is 6.42. The fraction of sp³-hybridized carbons (Fsp3) is 0.500. The Kier molecular flexibility index (Phi) is 5.19. The molecular weight excluding hydrogens is 260 g/mol. The summed E-state index contributed by atoms with van der Waals surface area (Å²) >= 11 is 6.99. The van der Waals surface area contributed by atoms with E-state index in [2.05, 4.69) is 9.69 Å². The molecule has 1 rings (SSSR count). The number of hydrogen-bond donors (Lipinski definition) is 1. The van der Waals surface area contributed by atoms with E-state index in [9.17, 15) is 4.79 Å². The number of carbonyl (C=O) groups is 1. The lowest BCUT2D eigenvalue weighted by molar-refractivity contribution is -0.118. The van der Waals surface area contributed by atoms with Gasteiger partial charge in [0.1, 0.15) is 16.6 Å². The minimum atomic E-state index is -0.0359. The van der Waals surface area contributed by atoms with Gasteiger partial charge in [0.15, 0.2) is 5.15 Å². The lowest BCUT2D eigenvalue weighted by atomic mass is 10.3. The van der Waals surface area contributed by atoms with Crippen molar-refractivity contribution in [3.05, 3.63) is 10.7 Å². The highest BCUT2D eigenvalue weighted by Gasteiger charge is 2.14. The molecule has 0 aliphatic heterocycles. The average molecular weight is 273 g/mol. The Labute approximate surface area is 109 Å². The zero-order valence-corrected chi connectivity index (χ0v) is 11.2. The molecule has 0 saturated carbocycles. The molecule has 1 amide bonds. The summed E-state index contributed by atoms with van der Waals surface area (Å²) in [5.41, 5.74) is 0.415. The van der Waals surface area contributed by atoms with E-state index in [1.807, 2.05) is 18.0 Å². The molecule has 0 saturated heterocycles. The van der Waals surface area contributed by atoms with E-state index in [0.717, 1.165) is 18.0 Å². The number of halogens is 1. The molecule has 7 heteroatoms. The third kappa shape index (κ3) is 3.88. The number of anilines is 1. The Hall–Kier alpha value is -1.32. The van der Waals surface area contributed by atoms with Crippen molar-refractivity contribution in [2.45, 2.75) is 13.3 Å². The van der Waals surface area contributed by atoms with Crippen molar-refractivity contribution in [3.63, 3.8) is 0 Å². The van der Waals surface area contributed by atoms with Gasteiger partial charge in [0, 0.05) is 27.1 Å². The van der Waals surface area contributed by atoms with Crippen LogP contribution in [-0.2, 0) is 4.79 Å². The molecule has 0 radical (unpaired) electrons. The van der Waals surface area contributed by atoms with Crippen molar-refractivity contribution in [2.75, 3.05) is 25.0 Å². The maximum atomic E-state index is 10.7. The SMILES string of the molecule is CC(=O)NCCCN(C)c1snc(Cl)c1C#N. The summed E-state index contributed by atoms with van der Waals surface area (Å²) in [7, 11) is 1.87. The number of hydrogen-bond acceptors (Lipinski definition) is 5. The van der Waals surface area contributed by atoms with Crippen LogP contribution in [0.3, 0.4) is 0 Å². The van der Waals surface area contributed by atoms with Crippen LogP contribution in [0.5, 0.6) is 0 Å². The van der Waals surface area contributed by atoms with Crippen LogP contribution in [-0.4, -0.2) is 30.4 Å². The monoisotopic (exact) mass is 272 g/mol. The van der Waals surface area contributed by atoms with Crippen molar-refractivity contribution in [1.29, 1.82) is 5.26 Å². The molecule has 0 aliphatic carbocycles. The van der Waals surface area contributed by atoms with Crippen LogP contribution < -0.4 is 10.2 Å². The van der Waals surface area contributed by atoms with Gasteiger partial charge in [0.25, 0.3) is 0 Å². The Bertz CT molecular complexity index is 440. The molecule has 0 atom stereocenters. The first-order valence-electron chi connectivity index (χ1n) is 5.07. The Morgan fingerprint density at radius 2 is 2.41 bits per heavy atom. The van der Waals surface area contributed by atoms with E-state index in [0.29, 0.717) is 12.1 Å². The van der Waals surface area contributed by atoms with Crippen molar-refractivity contribution in [2.24, 2.45) is 0 Å². The van der Waals surface area contributed by atoms with E-state index in [1.165, 1.54) is 18.5 Å². The Morgan fingerprint density at radius 1 is 1.71 bits per heavy atom. The zero-order chi connectivity index (χ0) is 12.8. The van der Waals surface area contributed by atoms with Crippen LogP contribution in [0.2, 0.25) is 5.15 Å². The second-order valence-corrected chi connectivity index (χ2v) is 4.63. The fourth-order valence-corrected chi connectivity index (χ4v) is 2.31. The van der Waals surface area contributed by atoms with Crippen LogP contribution in [0.4, 0.5) is 5.00 Å². The molecule has 0 aliphatic rings. The lowest BCUT2D eigenvalue weighted by Gasteiger charge is -2.16. The van der Waals surface area contributed by atoms with E-state index in [1.54, 1.807) is 0 Å². The van der Waals surface area contributed by atoms with E-state index in [-0.39, 0.29) is 11.1 Å². The van der Waals surface area contributed by atoms with Crippen LogP contribution >= 0.6 is 23.1 Å². The minimum Gasteiger partial charge on any atom is -0.364 e. The van der Waals surface area contributed by atoms with E-state index < -0.39 is 0 Å². The topological polar surface area (TPSA) is 69.0 Å². The Morgan fingerprint density at radius 3 is 3.00 bits per heavy atom. The van der Waals surface area contributed by atoms with Gasteiger partial charge in [-0.15, -0.1) is 0 Å². The molecular formula is C10H13ClN4OS. The summed E-state index contributed by atoms with van der Waals surface area (Å²) in [6, 6.07) is 2.04. The largest absolute Gasteiger partial charge is 0.364 e. The number of carbonyl (C=O) groups excluding carboxylic acids is 1. The van der Waals surface area contributed by atoms with Gasteiger partial charge in [-0.1, -0.05) is 11.6 Å². The molecule has 17 heavy (non-hydrogen) atoms. The van der Waals surface area contributed by atoms with E-state index in [4.69, 9.17) is 16.9 Å². The molecule has 1 N–H and O–H groups in total. The predicted octanol–water partition coefficient (Wildman–Crippen LogP) is 1.63. The normalized spacial score (nSPS) is 9.76. The van der Waals surface area contributed by atoms with Gasteiger partial charge < -0.3 is 10.2 Å². The quantitative estimate of drug-likeness (QED) is 0.827. The van der Waals surface area contributed by atoms with Crippen molar-refractivity contribution in [3.8, 4) is 6.07 Å². The molecule has 0 fully saturated rings. The zero-order valence-electron chi connectivity index (χ0n) is 9.66. The first-order chi connectivity index (χ1) is 8.06. The highest BCUT2D eigenvalue weighted by atomic mass is 35.5. The number of aromatic nitrogens is 1. The van der Waals surface area contributed by atoms with Crippen molar-refractivity contribution in [1.82, 2.24) is 9.69 Å². The summed E-state index contributed by atoms with van der Waals surface area (Å²) in [4.78, 5) is 12.6. The third-order valence-corrected chi connectivity index (χ3v) is 3.47.